The second-order valence-corrected chi connectivity index (χ2v) is 11.9. The molecular weight excluding hydrogens is 440 g/mol. The fourth-order valence-corrected chi connectivity index (χ4v) is 8.10. The summed E-state index contributed by atoms with van der Waals surface area (Å²) in [6.45, 7) is 6.38. The van der Waals surface area contributed by atoms with E-state index in [1.54, 1.807) is 5.56 Å². The molecule has 3 aliphatic rings. The monoisotopic (exact) mass is 480 g/mol. The van der Waals surface area contributed by atoms with Crippen molar-refractivity contribution >= 4 is 0 Å². The molecule has 188 valence electrons. The van der Waals surface area contributed by atoms with Gasteiger partial charge in [0.2, 0.25) is 0 Å². The van der Waals surface area contributed by atoms with Crippen molar-refractivity contribution in [3.63, 3.8) is 0 Å². The summed E-state index contributed by atoms with van der Waals surface area (Å²) in [6.07, 6.45) is 9.17. The van der Waals surface area contributed by atoms with E-state index >= 15 is 0 Å². The number of hydrogen-bond acceptors (Lipinski definition) is 2. The largest absolute Gasteiger partial charge is 0.489 e. The molecule has 0 radical (unpaired) electrons. The first-order chi connectivity index (χ1) is 17.6. The maximum Gasteiger partial charge on any atom is 0.120 e. The van der Waals surface area contributed by atoms with Crippen molar-refractivity contribution in [1.29, 1.82) is 0 Å². The van der Waals surface area contributed by atoms with Gasteiger partial charge in [-0.2, -0.15) is 0 Å². The third-order valence-corrected chi connectivity index (χ3v) is 9.99. The Balaban J connectivity index is 1.19. The minimum atomic E-state index is 0.310. The van der Waals surface area contributed by atoms with Gasteiger partial charge in [0.05, 0.1) is 12.7 Å². The van der Waals surface area contributed by atoms with Crippen molar-refractivity contribution in [2.45, 2.75) is 83.5 Å². The minimum absolute atomic E-state index is 0.310. The number of rotatable bonds is 7. The number of fused-ring (bicyclic) bond motifs is 5. The van der Waals surface area contributed by atoms with Gasteiger partial charge in [0.1, 0.15) is 12.4 Å². The van der Waals surface area contributed by atoms with Gasteiger partial charge in [-0.1, -0.05) is 80.6 Å². The fraction of sp³-hybridized carbons (Fsp3) is 0.471. The lowest BCUT2D eigenvalue weighted by molar-refractivity contribution is 0.00312. The molecule has 0 heterocycles. The lowest BCUT2D eigenvalue weighted by Crippen LogP contribution is -2.50. The summed E-state index contributed by atoms with van der Waals surface area (Å²) in [5, 5.41) is 0. The summed E-state index contributed by atoms with van der Waals surface area (Å²) < 4.78 is 12.7. The van der Waals surface area contributed by atoms with E-state index in [0.29, 0.717) is 23.5 Å². The first kappa shape index (κ1) is 23.8. The average Bonchev–Trinajstić information content (AvgIpc) is 3.28. The van der Waals surface area contributed by atoms with Gasteiger partial charge in [0.15, 0.2) is 0 Å². The topological polar surface area (TPSA) is 18.5 Å². The molecule has 3 aliphatic carbocycles. The van der Waals surface area contributed by atoms with Crippen molar-refractivity contribution in [3.05, 3.63) is 101 Å². The molecule has 2 nitrogen and oxygen atoms in total. The Hall–Kier alpha value is -2.58. The minimum Gasteiger partial charge on any atom is -0.489 e. The van der Waals surface area contributed by atoms with E-state index in [0.717, 1.165) is 24.2 Å². The third-order valence-electron chi connectivity index (χ3n) is 9.99. The fourth-order valence-electron chi connectivity index (χ4n) is 8.10. The van der Waals surface area contributed by atoms with Gasteiger partial charge in [0.25, 0.3) is 0 Å². The molecule has 6 rings (SSSR count). The second-order valence-electron chi connectivity index (χ2n) is 11.9. The Bertz CT molecular complexity index is 1170. The summed E-state index contributed by atoms with van der Waals surface area (Å²) in [5.41, 5.74) is 6.38. The zero-order valence-electron chi connectivity index (χ0n) is 21.9. The number of hydrogen-bond donors (Lipinski definition) is 0. The molecule has 0 aliphatic heterocycles. The second kappa shape index (κ2) is 9.71. The van der Waals surface area contributed by atoms with E-state index in [1.165, 1.54) is 61.6 Å². The lowest BCUT2D eigenvalue weighted by Gasteiger charge is -2.56. The van der Waals surface area contributed by atoms with Crippen LogP contribution in [-0.4, -0.2) is 6.10 Å². The molecule has 0 bridgehead atoms. The van der Waals surface area contributed by atoms with Gasteiger partial charge in [-0.15, -0.1) is 0 Å². The average molecular weight is 481 g/mol. The highest BCUT2D eigenvalue weighted by Crippen LogP contribution is 2.64. The van der Waals surface area contributed by atoms with Crippen LogP contribution in [0.15, 0.2) is 78.9 Å². The van der Waals surface area contributed by atoms with Crippen LogP contribution in [0.5, 0.6) is 5.75 Å². The molecule has 0 saturated heterocycles. The Labute approximate surface area is 217 Å². The highest BCUT2D eigenvalue weighted by Gasteiger charge is 2.58. The lowest BCUT2D eigenvalue weighted by atomic mass is 9.48. The van der Waals surface area contributed by atoms with Crippen LogP contribution in [0.3, 0.4) is 0 Å². The maximum atomic E-state index is 6.52. The van der Waals surface area contributed by atoms with Gasteiger partial charge in [-0.3, -0.25) is 0 Å². The molecule has 3 aromatic rings. The van der Waals surface area contributed by atoms with Crippen LogP contribution in [0.1, 0.15) is 74.6 Å². The Morgan fingerprint density at radius 1 is 0.833 bits per heavy atom. The molecule has 36 heavy (non-hydrogen) atoms. The van der Waals surface area contributed by atoms with Crippen LogP contribution >= 0.6 is 0 Å². The van der Waals surface area contributed by atoms with Crippen LogP contribution in [0.25, 0.3) is 0 Å². The molecule has 5 atom stereocenters. The van der Waals surface area contributed by atoms with Gasteiger partial charge < -0.3 is 9.47 Å². The molecule has 0 aromatic heterocycles. The number of ether oxygens (including phenoxy) is 2. The standard InChI is InChI=1S/C34H40O2/c1-3-34-19-18-33(2)22-29(36-24-26-12-8-5-9-13-26)21-32(33)31(34)16-14-27-20-28(15-17-30(27)34)35-23-25-10-6-4-7-11-25/h4-13,15,17,20,29,31-32H,3,14,16,18-19,21-24H2,1-2H3/t29-,31+,32+,33-,34-/m1/s1. The molecule has 3 aromatic carbocycles. The van der Waals surface area contributed by atoms with Crippen molar-refractivity contribution in [3.8, 4) is 5.75 Å². The molecule has 0 spiro atoms. The first-order valence-corrected chi connectivity index (χ1v) is 14.1. The highest BCUT2D eigenvalue weighted by molar-refractivity contribution is 5.44. The molecule has 2 heteroatoms. The summed E-state index contributed by atoms with van der Waals surface area (Å²) >= 11 is 0. The van der Waals surface area contributed by atoms with Crippen molar-refractivity contribution in [1.82, 2.24) is 0 Å². The summed E-state index contributed by atoms with van der Waals surface area (Å²) in [5.74, 6) is 2.53. The molecule has 2 fully saturated rings. The van der Waals surface area contributed by atoms with Crippen LogP contribution in [0, 0.1) is 17.3 Å². The smallest absolute Gasteiger partial charge is 0.120 e. The predicted molar refractivity (Wildman–Crippen MR) is 146 cm³/mol. The zero-order chi connectivity index (χ0) is 24.6. The zero-order valence-corrected chi connectivity index (χ0v) is 21.9. The van der Waals surface area contributed by atoms with Crippen molar-refractivity contribution < 1.29 is 9.47 Å². The van der Waals surface area contributed by atoms with Gasteiger partial charge in [0, 0.05) is 0 Å². The molecule has 0 N–H and O–H groups in total. The summed E-state index contributed by atoms with van der Waals surface area (Å²) in [4.78, 5) is 0. The van der Waals surface area contributed by atoms with Gasteiger partial charge in [-0.25, -0.2) is 0 Å². The van der Waals surface area contributed by atoms with E-state index in [1.807, 2.05) is 0 Å². The number of benzene rings is 3. The molecule has 2 saturated carbocycles. The Morgan fingerprint density at radius 3 is 2.28 bits per heavy atom. The Kier molecular flexibility index (Phi) is 6.42. The first-order valence-electron chi connectivity index (χ1n) is 14.1. The normalized spacial score (nSPS) is 30.8. The van der Waals surface area contributed by atoms with Crippen LogP contribution in [0.2, 0.25) is 0 Å². The summed E-state index contributed by atoms with van der Waals surface area (Å²) in [6, 6.07) is 28.1. The van der Waals surface area contributed by atoms with E-state index in [4.69, 9.17) is 9.47 Å². The SMILES string of the molecule is CC[C@]12CC[C@]3(C)C[C@H](OCc4ccccc4)C[C@H]3[C@@H]1CCc1cc(OCc3ccccc3)ccc12. The third kappa shape index (κ3) is 4.28. The van der Waals surface area contributed by atoms with Gasteiger partial charge in [-0.05, 0) is 102 Å². The molecule has 0 amide bonds. The van der Waals surface area contributed by atoms with E-state index in [2.05, 4.69) is 92.7 Å². The predicted octanol–water partition coefficient (Wildman–Crippen LogP) is 8.27. The quantitative estimate of drug-likeness (QED) is 0.339. The van der Waals surface area contributed by atoms with E-state index < -0.39 is 0 Å². The Morgan fingerprint density at radius 2 is 1.56 bits per heavy atom. The highest BCUT2D eigenvalue weighted by atomic mass is 16.5. The maximum absolute atomic E-state index is 6.52. The van der Waals surface area contributed by atoms with E-state index in [-0.39, 0.29) is 0 Å². The summed E-state index contributed by atoms with van der Waals surface area (Å²) in [7, 11) is 0. The van der Waals surface area contributed by atoms with Crippen molar-refractivity contribution in [2.24, 2.45) is 17.3 Å². The molecule has 0 unspecified atom stereocenters. The van der Waals surface area contributed by atoms with Crippen LogP contribution < -0.4 is 4.74 Å². The van der Waals surface area contributed by atoms with E-state index in [9.17, 15) is 0 Å². The van der Waals surface area contributed by atoms with Crippen LogP contribution in [0.4, 0.5) is 0 Å². The van der Waals surface area contributed by atoms with Crippen molar-refractivity contribution in [2.75, 3.05) is 0 Å². The van der Waals surface area contributed by atoms with Gasteiger partial charge >= 0.3 is 0 Å². The molecular formula is C34H40O2. The van der Waals surface area contributed by atoms with Crippen LogP contribution in [-0.2, 0) is 29.8 Å². The number of aryl methyl sites for hydroxylation is 1.